The van der Waals surface area contributed by atoms with E-state index in [4.69, 9.17) is 15.3 Å². The molecule has 0 aliphatic rings. The van der Waals surface area contributed by atoms with Gasteiger partial charge in [-0.3, -0.25) is 0 Å². The second kappa shape index (κ2) is 5.40. The van der Waals surface area contributed by atoms with Gasteiger partial charge in [-0.1, -0.05) is 6.07 Å². The fraction of sp³-hybridized carbons (Fsp3) is 0.214. The Balaban J connectivity index is 2.13. The molecule has 0 unspecified atom stereocenters. The van der Waals surface area contributed by atoms with Crippen molar-refractivity contribution in [3.05, 3.63) is 46.9 Å². The quantitative estimate of drug-likeness (QED) is 0.661. The van der Waals surface area contributed by atoms with Gasteiger partial charge < -0.3 is 15.3 Å². The topological polar surface area (TPSA) is 76.5 Å². The minimum Gasteiger partial charge on any atom is -0.478 e. The van der Waals surface area contributed by atoms with Gasteiger partial charge in [0.2, 0.25) is 0 Å². The van der Waals surface area contributed by atoms with E-state index in [2.05, 4.69) is 0 Å². The predicted octanol–water partition coefficient (Wildman–Crippen LogP) is 3.47. The van der Waals surface area contributed by atoms with Gasteiger partial charge >= 0.3 is 5.97 Å². The molecule has 0 radical (unpaired) electrons. The Kier molecular flexibility index (Phi) is 3.85. The first-order chi connectivity index (χ1) is 8.99. The SMILES string of the molecule is Cc1oc(CSc2cccc(N)c2C)cc1C(=O)O. The number of carbonyl (C=O) groups is 1. The van der Waals surface area contributed by atoms with E-state index in [1.165, 1.54) is 0 Å². The van der Waals surface area contributed by atoms with Crippen LogP contribution in [0.2, 0.25) is 0 Å². The largest absolute Gasteiger partial charge is 0.478 e. The summed E-state index contributed by atoms with van der Waals surface area (Å²) in [4.78, 5) is 12.0. The van der Waals surface area contributed by atoms with Crippen molar-refractivity contribution in [3.8, 4) is 0 Å². The average Bonchev–Trinajstić information content (AvgIpc) is 2.73. The molecule has 3 N–H and O–H groups in total. The van der Waals surface area contributed by atoms with E-state index < -0.39 is 5.97 Å². The van der Waals surface area contributed by atoms with Crippen LogP contribution in [0.15, 0.2) is 33.6 Å². The second-order valence-corrected chi connectivity index (χ2v) is 5.26. The number of benzene rings is 1. The number of furan rings is 1. The van der Waals surface area contributed by atoms with Gasteiger partial charge in [0, 0.05) is 10.6 Å². The monoisotopic (exact) mass is 277 g/mol. The van der Waals surface area contributed by atoms with Crippen molar-refractivity contribution in [1.82, 2.24) is 0 Å². The second-order valence-electron chi connectivity index (χ2n) is 4.25. The Hall–Kier alpha value is -1.88. The Bertz CT molecular complexity index is 619. The van der Waals surface area contributed by atoms with Gasteiger partial charge in [-0.2, -0.15) is 0 Å². The van der Waals surface area contributed by atoms with Gasteiger partial charge in [0.15, 0.2) is 0 Å². The van der Waals surface area contributed by atoms with Gasteiger partial charge in [0.25, 0.3) is 0 Å². The van der Waals surface area contributed by atoms with Gasteiger partial charge in [0.1, 0.15) is 17.1 Å². The minimum atomic E-state index is -0.961. The lowest BCUT2D eigenvalue weighted by Gasteiger charge is -2.06. The van der Waals surface area contributed by atoms with Crippen LogP contribution in [0.3, 0.4) is 0 Å². The molecule has 2 rings (SSSR count). The number of nitrogen functional groups attached to an aromatic ring is 1. The molecule has 1 aromatic heterocycles. The Morgan fingerprint density at radius 1 is 1.42 bits per heavy atom. The molecule has 1 aromatic carbocycles. The number of rotatable bonds is 4. The zero-order valence-corrected chi connectivity index (χ0v) is 11.6. The number of anilines is 1. The van der Waals surface area contributed by atoms with Crippen LogP contribution < -0.4 is 5.73 Å². The van der Waals surface area contributed by atoms with Crippen LogP contribution in [0.25, 0.3) is 0 Å². The lowest BCUT2D eigenvalue weighted by molar-refractivity contribution is 0.0695. The molecular weight excluding hydrogens is 262 g/mol. The standard InChI is InChI=1S/C14H15NO3S/c1-8-12(15)4-3-5-13(8)19-7-10-6-11(14(16)17)9(2)18-10/h3-6H,7,15H2,1-2H3,(H,16,17). The molecule has 0 aliphatic heterocycles. The zero-order valence-electron chi connectivity index (χ0n) is 10.8. The third kappa shape index (κ3) is 2.93. The van der Waals surface area contributed by atoms with Gasteiger partial charge in [-0.25, -0.2) is 4.79 Å². The summed E-state index contributed by atoms with van der Waals surface area (Å²) in [5.41, 5.74) is 7.86. The van der Waals surface area contributed by atoms with Crippen LogP contribution in [-0.2, 0) is 5.75 Å². The fourth-order valence-corrected chi connectivity index (χ4v) is 2.71. The molecule has 4 nitrogen and oxygen atoms in total. The number of thioether (sulfide) groups is 1. The number of hydrogen-bond acceptors (Lipinski definition) is 4. The summed E-state index contributed by atoms with van der Waals surface area (Å²) < 4.78 is 5.43. The van der Waals surface area contributed by atoms with Gasteiger partial charge in [0.05, 0.1) is 5.75 Å². The normalized spacial score (nSPS) is 10.6. The summed E-state index contributed by atoms with van der Waals surface area (Å²) in [6.45, 7) is 3.62. The van der Waals surface area contributed by atoms with Crippen molar-refractivity contribution in [2.24, 2.45) is 0 Å². The summed E-state index contributed by atoms with van der Waals surface area (Å²) in [5, 5.41) is 8.96. The summed E-state index contributed by atoms with van der Waals surface area (Å²) in [5.74, 6) is 0.713. The number of aryl methyl sites for hydroxylation is 1. The smallest absolute Gasteiger partial charge is 0.339 e. The van der Waals surface area contributed by atoms with Crippen molar-refractivity contribution < 1.29 is 14.3 Å². The van der Waals surface area contributed by atoms with Crippen molar-refractivity contribution in [1.29, 1.82) is 0 Å². The molecule has 0 aliphatic carbocycles. The lowest BCUT2D eigenvalue weighted by Crippen LogP contribution is -1.94. The zero-order chi connectivity index (χ0) is 14.0. The van der Waals surface area contributed by atoms with E-state index in [0.717, 1.165) is 16.1 Å². The number of aromatic carboxylic acids is 1. The average molecular weight is 277 g/mol. The van der Waals surface area contributed by atoms with Crippen LogP contribution in [0.4, 0.5) is 5.69 Å². The molecule has 0 fully saturated rings. The molecular formula is C14H15NO3S. The Morgan fingerprint density at radius 2 is 2.16 bits per heavy atom. The first kappa shape index (κ1) is 13.5. The van der Waals surface area contributed by atoms with Crippen LogP contribution >= 0.6 is 11.8 Å². The van der Waals surface area contributed by atoms with Crippen LogP contribution in [0.1, 0.15) is 27.4 Å². The molecule has 1 heterocycles. The molecule has 2 aromatic rings. The van der Waals surface area contributed by atoms with E-state index in [9.17, 15) is 4.79 Å². The summed E-state index contributed by atoms with van der Waals surface area (Å²) in [7, 11) is 0. The summed E-state index contributed by atoms with van der Waals surface area (Å²) in [6.07, 6.45) is 0. The molecule has 19 heavy (non-hydrogen) atoms. The minimum absolute atomic E-state index is 0.222. The maximum Gasteiger partial charge on any atom is 0.339 e. The number of carboxylic acid groups (broad SMARTS) is 1. The highest BCUT2D eigenvalue weighted by molar-refractivity contribution is 7.98. The predicted molar refractivity (Wildman–Crippen MR) is 75.6 cm³/mol. The molecule has 0 saturated carbocycles. The third-order valence-electron chi connectivity index (χ3n) is 2.90. The molecule has 0 amide bonds. The van der Waals surface area contributed by atoms with Gasteiger partial charge in [-0.15, -0.1) is 11.8 Å². The highest BCUT2D eigenvalue weighted by atomic mass is 32.2. The molecule has 5 heteroatoms. The van der Waals surface area contributed by atoms with E-state index in [1.807, 2.05) is 25.1 Å². The highest BCUT2D eigenvalue weighted by Crippen LogP contribution is 2.30. The molecule has 100 valence electrons. The summed E-state index contributed by atoms with van der Waals surface area (Å²) in [6, 6.07) is 7.33. The Morgan fingerprint density at radius 3 is 2.79 bits per heavy atom. The highest BCUT2D eigenvalue weighted by Gasteiger charge is 2.14. The van der Waals surface area contributed by atoms with Crippen LogP contribution in [0.5, 0.6) is 0 Å². The fourth-order valence-electron chi connectivity index (χ4n) is 1.76. The van der Waals surface area contributed by atoms with Gasteiger partial charge in [-0.05, 0) is 37.6 Å². The number of hydrogen-bond donors (Lipinski definition) is 2. The molecule has 0 spiro atoms. The van der Waals surface area contributed by atoms with E-state index in [0.29, 0.717) is 17.3 Å². The molecule has 0 atom stereocenters. The maximum atomic E-state index is 10.9. The van der Waals surface area contributed by atoms with Crippen LogP contribution in [0, 0.1) is 13.8 Å². The van der Waals surface area contributed by atoms with E-state index in [-0.39, 0.29) is 5.56 Å². The van der Waals surface area contributed by atoms with E-state index >= 15 is 0 Å². The molecule has 0 saturated heterocycles. The number of nitrogens with two attached hydrogens (primary N) is 1. The van der Waals surface area contributed by atoms with E-state index in [1.54, 1.807) is 24.8 Å². The molecule has 0 bridgehead atoms. The number of carboxylic acids is 1. The van der Waals surface area contributed by atoms with Crippen molar-refractivity contribution in [2.45, 2.75) is 24.5 Å². The van der Waals surface area contributed by atoms with Crippen molar-refractivity contribution in [3.63, 3.8) is 0 Å². The lowest BCUT2D eigenvalue weighted by atomic mass is 10.2. The summed E-state index contributed by atoms with van der Waals surface area (Å²) >= 11 is 1.58. The first-order valence-electron chi connectivity index (χ1n) is 5.79. The maximum absolute atomic E-state index is 10.9. The third-order valence-corrected chi connectivity index (χ3v) is 4.08. The van der Waals surface area contributed by atoms with Crippen molar-refractivity contribution in [2.75, 3.05) is 5.73 Å². The Labute approximate surface area is 115 Å². The van der Waals surface area contributed by atoms with Crippen molar-refractivity contribution >= 4 is 23.4 Å². The first-order valence-corrected chi connectivity index (χ1v) is 6.78. The van der Waals surface area contributed by atoms with Crippen LogP contribution in [-0.4, -0.2) is 11.1 Å².